The highest BCUT2D eigenvalue weighted by Gasteiger charge is 2.30. The zero-order valence-electron chi connectivity index (χ0n) is 59.8. The highest BCUT2D eigenvalue weighted by atomic mass is 16.2. The Labute approximate surface area is 556 Å². The molecule has 3 rings (SSSR count). The Morgan fingerprint density at radius 1 is 0.402 bits per heavy atom. The molecule has 2 atom stereocenters. The van der Waals surface area contributed by atoms with Crippen LogP contribution in [0.1, 0.15) is 233 Å². The SMILES string of the molecule is CCC(=O)NCCCCCNC(=O)C(CCCCNC(=O)/C=C(C)/C=C/C=C(C)/C=C/C1=C(C)CCCC1(C)C)NC(=O)C(CCCCNC(=O)/C=C(C)/C=C/C=C(C)/C=C/C1=C(C)CCCC1(C)C)NC(=O)/C=C(C)/C=C/C=C(C)/C=C/C1=C(C)CCCC1(C)C. The zero-order chi connectivity index (χ0) is 68.3. The Kier molecular flexibility index (Phi) is 35.7. The molecule has 0 aromatic rings. The fraction of sp³-hybridized carbons (Fsp3) is 0.550. The highest BCUT2D eigenvalue weighted by Crippen LogP contribution is 2.43. The van der Waals surface area contributed by atoms with Gasteiger partial charge in [-0.3, -0.25) is 28.8 Å². The monoisotopic (exact) mass is 1260 g/mol. The van der Waals surface area contributed by atoms with Crippen LogP contribution in [0, 0.1) is 16.2 Å². The van der Waals surface area contributed by atoms with E-state index in [0.29, 0.717) is 76.7 Å². The molecule has 2 unspecified atom stereocenters. The molecule has 0 saturated heterocycles. The van der Waals surface area contributed by atoms with Crippen molar-refractivity contribution in [3.05, 3.63) is 176 Å². The zero-order valence-corrected chi connectivity index (χ0v) is 59.8. The summed E-state index contributed by atoms with van der Waals surface area (Å²) in [4.78, 5) is 79.9. The number of rotatable bonds is 36. The van der Waals surface area contributed by atoms with Gasteiger partial charge in [0.05, 0.1) is 0 Å². The fourth-order valence-electron chi connectivity index (χ4n) is 12.3. The molecule has 12 heteroatoms. The second kappa shape index (κ2) is 41.5. The van der Waals surface area contributed by atoms with Gasteiger partial charge in [0, 0.05) is 50.8 Å². The topological polar surface area (TPSA) is 175 Å². The van der Waals surface area contributed by atoms with E-state index in [1.807, 2.05) is 82.4 Å². The van der Waals surface area contributed by atoms with E-state index in [2.05, 4.69) is 151 Å². The standard InChI is InChI=1S/C80H120N6O6/c1-17-72(87)81-51-21-18-22-54-84-76(91)70(40-19-23-52-82-73(88)55-61(5)34-25-31-58(2)42-45-67-64(8)37-28-48-78(67,11)12)86-77(92)71(85-75(90)57-63(7)36-27-33-60(4)44-47-69-66(10)39-30-50-80(69,15)16)41-20-24-53-83-74(89)56-62(6)35-26-32-59(3)43-46-68-65(9)38-29-49-79(68,13)14/h25-27,31-36,42-47,55-57,70-71H,17-24,28-30,37-41,48-54H2,1-16H3,(H,81,87)(H,82,88)(H,83,89)(H,84,91)(H,85,90)(H,86,92)/b34-25+,35-26+,36-27+,45-42+,46-43+,47-44+,58-31+,59-32+,60-33+,61-55+,62-56+,63-57+. The van der Waals surface area contributed by atoms with Crippen LogP contribution in [-0.2, 0) is 28.8 Å². The third kappa shape index (κ3) is 31.5. The Morgan fingerprint density at radius 3 is 1.11 bits per heavy atom. The molecule has 0 fully saturated rings. The quantitative estimate of drug-likeness (QED) is 0.0207. The van der Waals surface area contributed by atoms with Crippen molar-refractivity contribution in [1.82, 2.24) is 31.9 Å². The van der Waals surface area contributed by atoms with Crippen LogP contribution in [0.25, 0.3) is 0 Å². The van der Waals surface area contributed by atoms with E-state index in [0.717, 1.165) is 60.0 Å². The summed E-state index contributed by atoms with van der Waals surface area (Å²) in [5, 5.41) is 17.8. The summed E-state index contributed by atoms with van der Waals surface area (Å²) >= 11 is 0. The maximum atomic E-state index is 14.4. The van der Waals surface area contributed by atoms with Crippen molar-refractivity contribution in [1.29, 1.82) is 0 Å². The first-order valence-electron chi connectivity index (χ1n) is 34.5. The van der Waals surface area contributed by atoms with Crippen LogP contribution in [0.5, 0.6) is 0 Å². The predicted octanol–water partition coefficient (Wildman–Crippen LogP) is 16.9. The van der Waals surface area contributed by atoms with Gasteiger partial charge in [-0.2, -0.15) is 0 Å². The third-order valence-electron chi connectivity index (χ3n) is 17.9. The molecule has 0 saturated carbocycles. The summed E-state index contributed by atoms with van der Waals surface area (Å²) < 4.78 is 0. The van der Waals surface area contributed by atoms with Crippen LogP contribution in [0.3, 0.4) is 0 Å². The van der Waals surface area contributed by atoms with Crippen molar-refractivity contribution < 1.29 is 28.8 Å². The molecule has 6 amide bonds. The molecular formula is C80H120N6O6. The molecule has 3 aliphatic carbocycles. The van der Waals surface area contributed by atoms with Gasteiger partial charge in [0.2, 0.25) is 35.4 Å². The molecule has 506 valence electrons. The van der Waals surface area contributed by atoms with Gasteiger partial charge in [-0.25, -0.2) is 0 Å². The lowest BCUT2D eigenvalue weighted by Crippen LogP contribution is -2.53. The summed E-state index contributed by atoms with van der Waals surface area (Å²) in [6, 6.07) is -1.91. The minimum Gasteiger partial charge on any atom is -0.356 e. The number of carbonyl (C=O) groups excluding carboxylic acids is 6. The maximum Gasteiger partial charge on any atom is 0.244 e. The van der Waals surface area contributed by atoms with E-state index >= 15 is 0 Å². The number of hydrogen-bond acceptors (Lipinski definition) is 6. The van der Waals surface area contributed by atoms with Gasteiger partial charge in [0.15, 0.2) is 0 Å². The first-order valence-corrected chi connectivity index (χ1v) is 34.5. The minimum atomic E-state index is -0.988. The molecule has 6 N–H and O–H groups in total. The molecule has 0 aromatic carbocycles. The van der Waals surface area contributed by atoms with E-state index in [9.17, 15) is 28.8 Å². The van der Waals surface area contributed by atoms with Crippen molar-refractivity contribution in [3.63, 3.8) is 0 Å². The van der Waals surface area contributed by atoms with Crippen molar-refractivity contribution in [2.24, 2.45) is 16.2 Å². The highest BCUT2D eigenvalue weighted by molar-refractivity contribution is 5.95. The maximum absolute atomic E-state index is 14.4. The number of amides is 6. The molecule has 0 radical (unpaired) electrons. The number of nitrogens with one attached hydrogen (secondary N) is 6. The van der Waals surface area contributed by atoms with Crippen LogP contribution < -0.4 is 31.9 Å². The minimum absolute atomic E-state index is 0.000853. The van der Waals surface area contributed by atoms with Gasteiger partial charge in [-0.05, 0) is 228 Å². The predicted molar refractivity (Wildman–Crippen MR) is 386 cm³/mol. The lowest BCUT2D eigenvalue weighted by Gasteiger charge is -2.33. The van der Waals surface area contributed by atoms with Gasteiger partial charge >= 0.3 is 0 Å². The molecule has 0 spiro atoms. The van der Waals surface area contributed by atoms with Crippen molar-refractivity contribution in [2.75, 3.05) is 26.2 Å². The summed E-state index contributed by atoms with van der Waals surface area (Å²) in [5.41, 5.74) is 14.7. The first-order chi connectivity index (χ1) is 43.5. The fourth-order valence-corrected chi connectivity index (χ4v) is 12.3. The van der Waals surface area contributed by atoms with E-state index in [1.165, 1.54) is 78.0 Å². The van der Waals surface area contributed by atoms with E-state index < -0.39 is 23.9 Å². The number of carbonyl (C=O) groups is 6. The summed E-state index contributed by atoms with van der Waals surface area (Å²) in [5.74, 6) is -1.73. The van der Waals surface area contributed by atoms with E-state index in [4.69, 9.17) is 0 Å². The average Bonchev–Trinajstić information content (AvgIpc) is 0.969. The Morgan fingerprint density at radius 2 is 0.739 bits per heavy atom. The molecule has 12 nitrogen and oxygen atoms in total. The van der Waals surface area contributed by atoms with Crippen molar-refractivity contribution in [3.8, 4) is 0 Å². The lowest BCUT2D eigenvalue weighted by molar-refractivity contribution is -0.131. The van der Waals surface area contributed by atoms with Crippen LogP contribution in [0.2, 0.25) is 0 Å². The molecule has 92 heavy (non-hydrogen) atoms. The van der Waals surface area contributed by atoms with Crippen LogP contribution >= 0.6 is 0 Å². The van der Waals surface area contributed by atoms with Gasteiger partial charge in [-0.15, -0.1) is 0 Å². The van der Waals surface area contributed by atoms with Gasteiger partial charge < -0.3 is 31.9 Å². The van der Waals surface area contributed by atoms with Gasteiger partial charge in [-0.1, -0.05) is 173 Å². The first kappa shape index (κ1) is 79.2. The van der Waals surface area contributed by atoms with Crippen LogP contribution in [0.15, 0.2) is 176 Å². The summed E-state index contributed by atoms with van der Waals surface area (Å²) in [7, 11) is 0. The average molecular weight is 1260 g/mol. The second-order valence-corrected chi connectivity index (χ2v) is 28.0. The molecule has 3 aliphatic rings. The van der Waals surface area contributed by atoms with Gasteiger partial charge in [0.25, 0.3) is 0 Å². The largest absolute Gasteiger partial charge is 0.356 e. The van der Waals surface area contributed by atoms with Gasteiger partial charge in [0.1, 0.15) is 12.1 Å². The summed E-state index contributed by atoms with van der Waals surface area (Å²) in [6.07, 6.45) is 51.4. The molecule has 0 bridgehead atoms. The number of allylic oxidation sites excluding steroid dienone is 27. The normalized spacial score (nSPS) is 18.7. The van der Waals surface area contributed by atoms with Crippen molar-refractivity contribution >= 4 is 35.4 Å². The van der Waals surface area contributed by atoms with E-state index in [-0.39, 0.29) is 46.3 Å². The lowest BCUT2D eigenvalue weighted by atomic mass is 9.72. The Bertz CT molecular complexity index is 3000. The number of unbranched alkanes of at least 4 members (excludes halogenated alkanes) is 4. The molecule has 0 heterocycles. The molecular weight excluding hydrogens is 1140 g/mol. The molecule has 0 aliphatic heterocycles. The Balaban J connectivity index is 1.74. The van der Waals surface area contributed by atoms with Crippen LogP contribution in [-0.4, -0.2) is 73.7 Å². The second-order valence-electron chi connectivity index (χ2n) is 28.0. The Hall–Kier alpha value is -7.08. The number of hydrogen-bond donors (Lipinski definition) is 6. The third-order valence-corrected chi connectivity index (χ3v) is 17.9. The van der Waals surface area contributed by atoms with E-state index in [1.54, 1.807) is 12.2 Å². The van der Waals surface area contributed by atoms with Crippen LogP contribution in [0.4, 0.5) is 0 Å². The molecule has 0 aromatic heterocycles. The summed E-state index contributed by atoms with van der Waals surface area (Å²) in [6.45, 7) is 35.9. The smallest absolute Gasteiger partial charge is 0.244 e. The van der Waals surface area contributed by atoms with Crippen molar-refractivity contribution in [2.45, 2.75) is 245 Å².